The maximum absolute atomic E-state index is 12.2. The van der Waals surface area contributed by atoms with Gasteiger partial charge in [-0.1, -0.05) is 0 Å². The highest BCUT2D eigenvalue weighted by Crippen LogP contribution is 2.57. The van der Waals surface area contributed by atoms with Crippen molar-refractivity contribution in [1.82, 2.24) is 10.0 Å². The summed E-state index contributed by atoms with van der Waals surface area (Å²) >= 11 is 0. The largest absolute Gasteiger partial charge is 0.418 e. The summed E-state index contributed by atoms with van der Waals surface area (Å²) in [6, 6.07) is 0. The van der Waals surface area contributed by atoms with Crippen molar-refractivity contribution >= 4 is 0 Å². The van der Waals surface area contributed by atoms with Crippen LogP contribution < -0.4 is 0 Å². The lowest BCUT2D eigenvalue weighted by atomic mass is 10.1. The van der Waals surface area contributed by atoms with Gasteiger partial charge in [0.25, 0.3) is 0 Å². The van der Waals surface area contributed by atoms with E-state index in [1.54, 1.807) is 0 Å². The Hall–Kier alpha value is -0.500. The van der Waals surface area contributed by atoms with Gasteiger partial charge in [-0.05, 0) is 0 Å². The first-order chi connectivity index (χ1) is 6.20. The number of rotatable bonds is 1. The standard InChI is InChI=1S/C6H6F6N2/c7-5(8,9)4(6(10,11)12)3-14(4)13-1-2-13/h1-3H2. The van der Waals surface area contributed by atoms with Crippen molar-refractivity contribution in [2.45, 2.75) is 17.9 Å². The van der Waals surface area contributed by atoms with Crippen molar-refractivity contribution in [3.8, 4) is 0 Å². The second-order valence-electron chi connectivity index (χ2n) is 3.37. The van der Waals surface area contributed by atoms with Gasteiger partial charge < -0.3 is 0 Å². The zero-order chi connectivity index (χ0) is 10.8. The second-order valence-corrected chi connectivity index (χ2v) is 3.37. The van der Waals surface area contributed by atoms with E-state index in [-0.39, 0.29) is 13.1 Å². The first-order valence-corrected chi connectivity index (χ1v) is 3.86. The molecule has 2 nitrogen and oxygen atoms in total. The molecule has 82 valence electrons. The van der Waals surface area contributed by atoms with E-state index in [1.165, 1.54) is 0 Å². The highest BCUT2D eigenvalue weighted by molar-refractivity contribution is 5.17. The van der Waals surface area contributed by atoms with Gasteiger partial charge in [0.2, 0.25) is 5.54 Å². The number of hydrogen-bond donors (Lipinski definition) is 0. The molecule has 2 saturated heterocycles. The van der Waals surface area contributed by atoms with Gasteiger partial charge in [-0.15, -0.1) is 0 Å². The maximum atomic E-state index is 12.2. The van der Waals surface area contributed by atoms with Gasteiger partial charge in [-0.3, -0.25) is 0 Å². The molecule has 8 heteroatoms. The minimum absolute atomic E-state index is 0.272. The SMILES string of the molecule is FC(F)(F)C1(C(F)(F)F)CN1N1CC1. The fourth-order valence-electron chi connectivity index (χ4n) is 1.44. The molecule has 0 aromatic heterocycles. The first-order valence-electron chi connectivity index (χ1n) is 3.86. The van der Waals surface area contributed by atoms with Gasteiger partial charge in [-0.2, -0.15) is 26.3 Å². The predicted octanol–water partition coefficient (Wildman–Crippen LogP) is 1.40. The first kappa shape index (κ1) is 10.0. The Bertz CT molecular complexity index is 238. The van der Waals surface area contributed by atoms with Crippen molar-refractivity contribution in [2.75, 3.05) is 19.6 Å². The molecule has 0 radical (unpaired) electrons. The van der Waals surface area contributed by atoms with E-state index in [1.807, 2.05) is 0 Å². The molecule has 0 aromatic carbocycles. The summed E-state index contributed by atoms with van der Waals surface area (Å²) in [5, 5.41) is 1.38. The fourth-order valence-corrected chi connectivity index (χ4v) is 1.44. The van der Waals surface area contributed by atoms with Gasteiger partial charge in [0.1, 0.15) is 0 Å². The Morgan fingerprint density at radius 2 is 1.29 bits per heavy atom. The average Bonchev–Trinajstić information content (AvgIpc) is 2.77. The third-order valence-electron chi connectivity index (χ3n) is 2.42. The number of halogens is 6. The highest BCUT2D eigenvalue weighted by Gasteiger charge is 2.85. The van der Waals surface area contributed by atoms with Crippen molar-refractivity contribution in [2.24, 2.45) is 0 Å². The van der Waals surface area contributed by atoms with E-state index in [4.69, 9.17) is 0 Å². The van der Waals surface area contributed by atoms with Gasteiger partial charge in [0.05, 0.1) is 6.54 Å². The van der Waals surface area contributed by atoms with E-state index in [9.17, 15) is 26.3 Å². The van der Waals surface area contributed by atoms with Crippen LogP contribution >= 0.6 is 0 Å². The summed E-state index contributed by atoms with van der Waals surface area (Å²) in [5.74, 6) is 0. The van der Waals surface area contributed by atoms with Crippen molar-refractivity contribution in [3.05, 3.63) is 0 Å². The fraction of sp³-hybridized carbons (Fsp3) is 1.00. The van der Waals surface area contributed by atoms with Crippen LogP contribution in [0.5, 0.6) is 0 Å². The Labute approximate surface area is 75.0 Å². The number of hydrazine groups is 1. The van der Waals surface area contributed by atoms with E-state index < -0.39 is 24.4 Å². The molecule has 2 heterocycles. The molecule has 0 N–H and O–H groups in total. The van der Waals surface area contributed by atoms with Crippen LogP contribution in [0, 0.1) is 0 Å². The third kappa shape index (κ3) is 1.13. The van der Waals surface area contributed by atoms with Crippen LogP contribution in [-0.2, 0) is 0 Å². The maximum Gasteiger partial charge on any atom is 0.418 e. The predicted molar refractivity (Wildman–Crippen MR) is 33.1 cm³/mol. The highest BCUT2D eigenvalue weighted by atomic mass is 19.4. The molecular weight excluding hydrogens is 214 g/mol. The Balaban J connectivity index is 2.25. The van der Waals surface area contributed by atoms with E-state index in [2.05, 4.69) is 0 Å². The van der Waals surface area contributed by atoms with Gasteiger partial charge in [0, 0.05) is 13.1 Å². The topological polar surface area (TPSA) is 6.02 Å². The van der Waals surface area contributed by atoms with Crippen molar-refractivity contribution < 1.29 is 26.3 Å². The lowest BCUT2D eigenvalue weighted by molar-refractivity contribution is -0.284. The van der Waals surface area contributed by atoms with E-state index in [0.717, 1.165) is 5.01 Å². The molecule has 1 atom stereocenters. The van der Waals surface area contributed by atoms with Crippen molar-refractivity contribution in [3.63, 3.8) is 0 Å². The quantitative estimate of drug-likeness (QED) is 0.486. The summed E-state index contributed by atoms with van der Waals surface area (Å²) in [6.07, 6.45) is -10.5. The second kappa shape index (κ2) is 2.35. The molecule has 0 bridgehead atoms. The number of hydrogen-bond acceptors (Lipinski definition) is 2. The van der Waals surface area contributed by atoms with Crippen LogP contribution in [-0.4, -0.2) is 47.5 Å². The van der Waals surface area contributed by atoms with Crippen molar-refractivity contribution in [1.29, 1.82) is 0 Å². The minimum atomic E-state index is -5.26. The third-order valence-corrected chi connectivity index (χ3v) is 2.42. The molecule has 2 fully saturated rings. The summed E-state index contributed by atoms with van der Waals surface area (Å²) < 4.78 is 73.5. The molecule has 2 aliphatic heterocycles. The Morgan fingerprint density at radius 1 is 0.857 bits per heavy atom. The molecule has 0 saturated carbocycles. The number of alkyl halides is 6. The van der Waals surface area contributed by atoms with Crippen LogP contribution in [0.1, 0.15) is 0 Å². The van der Waals surface area contributed by atoms with E-state index in [0.29, 0.717) is 5.01 Å². The lowest BCUT2D eigenvalue weighted by Gasteiger charge is -2.23. The molecular formula is C6H6F6N2. The van der Waals surface area contributed by atoms with Crippen LogP contribution in [0.2, 0.25) is 0 Å². The molecule has 2 aliphatic rings. The summed E-state index contributed by atoms with van der Waals surface area (Å²) in [7, 11) is 0. The number of nitrogens with zero attached hydrogens (tertiary/aromatic N) is 2. The molecule has 0 spiro atoms. The van der Waals surface area contributed by atoms with Crippen LogP contribution in [0.15, 0.2) is 0 Å². The molecule has 14 heavy (non-hydrogen) atoms. The summed E-state index contributed by atoms with van der Waals surface area (Å²) in [6.45, 7) is -0.457. The monoisotopic (exact) mass is 220 g/mol. The van der Waals surface area contributed by atoms with Gasteiger partial charge in [0.15, 0.2) is 0 Å². The molecule has 2 rings (SSSR count). The van der Waals surface area contributed by atoms with Crippen LogP contribution in [0.4, 0.5) is 26.3 Å². The zero-order valence-electron chi connectivity index (χ0n) is 6.78. The van der Waals surface area contributed by atoms with Crippen LogP contribution in [0.3, 0.4) is 0 Å². The Morgan fingerprint density at radius 3 is 1.50 bits per heavy atom. The smallest absolute Gasteiger partial charge is 0.238 e. The lowest BCUT2D eigenvalue weighted by Crippen LogP contribution is -2.50. The minimum Gasteiger partial charge on any atom is -0.238 e. The normalized spacial score (nSPS) is 31.7. The summed E-state index contributed by atoms with van der Waals surface area (Å²) in [5.41, 5.74) is -3.61. The summed E-state index contributed by atoms with van der Waals surface area (Å²) in [4.78, 5) is 0. The average molecular weight is 220 g/mol. The van der Waals surface area contributed by atoms with Crippen LogP contribution in [0.25, 0.3) is 0 Å². The molecule has 0 amide bonds. The van der Waals surface area contributed by atoms with Gasteiger partial charge >= 0.3 is 12.4 Å². The van der Waals surface area contributed by atoms with Gasteiger partial charge in [-0.25, -0.2) is 10.0 Å². The zero-order valence-corrected chi connectivity index (χ0v) is 6.78. The van der Waals surface area contributed by atoms with E-state index >= 15 is 0 Å². The molecule has 1 unspecified atom stereocenters. The molecule has 0 aliphatic carbocycles. The Kier molecular flexibility index (Phi) is 1.69. The molecule has 0 aromatic rings.